The summed E-state index contributed by atoms with van der Waals surface area (Å²) in [5.41, 5.74) is 0.403. The number of hydrogen-bond donors (Lipinski definition) is 1. The van der Waals surface area contributed by atoms with Gasteiger partial charge in [0.15, 0.2) is 0 Å². The van der Waals surface area contributed by atoms with Crippen LogP contribution in [0.5, 0.6) is 5.75 Å². The van der Waals surface area contributed by atoms with Gasteiger partial charge in [-0.2, -0.15) is 0 Å². The summed E-state index contributed by atoms with van der Waals surface area (Å²) in [5.74, 6) is 0.620. The van der Waals surface area contributed by atoms with E-state index in [1.165, 1.54) is 7.11 Å². The molecule has 118 valence electrons. The lowest BCUT2D eigenvalue weighted by atomic mass is 9.96. The van der Waals surface area contributed by atoms with E-state index in [1.54, 1.807) is 14.2 Å². The summed E-state index contributed by atoms with van der Waals surface area (Å²) in [6, 6.07) is 7.90. The van der Waals surface area contributed by atoms with Gasteiger partial charge in [-0.1, -0.05) is 12.1 Å². The Labute approximate surface area is 127 Å². The van der Waals surface area contributed by atoms with Gasteiger partial charge in [-0.05, 0) is 38.9 Å². The van der Waals surface area contributed by atoms with Gasteiger partial charge in [0.25, 0.3) is 0 Å². The maximum Gasteiger partial charge on any atom is 0.325 e. The van der Waals surface area contributed by atoms with E-state index in [1.807, 2.05) is 38.2 Å². The van der Waals surface area contributed by atoms with E-state index >= 15 is 0 Å². The average Bonchev–Trinajstić information content (AvgIpc) is 2.53. The van der Waals surface area contributed by atoms with E-state index in [-0.39, 0.29) is 5.97 Å². The molecule has 1 atom stereocenters. The SMILES string of the molecule is CNC(C)(CCCN(C)c1ccccc1OC)C(=O)OC. The molecule has 0 aromatic heterocycles. The van der Waals surface area contributed by atoms with Crippen LogP contribution in [0.25, 0.3) is 0 Å². The zero-order chi connectivity index (χ0) is 15.9. The molecule has 1 unspecified atom stereocenters. The quantitative estimate of drug-likeness (QED) is 0.744. The minimum absolute atomic E-state index is 0.232. The highest BCUT2D eigenvalue weighted by Crippen LogP contribution is 2.27. The lowest BCUT2D eigenvalue weighted by Crippen LogP contribution is -2.48. The average molecular weight is 294 g/mol. The molecule has 1 aromatic rings. The minimum Gasteiger partial charge on any atom is -0.495 e. The molecule has 0 spiro atoms. The van der Waals surface area contributed by atoms with E-state index in [4.69, 9.17) is 9.47 Å². The number of nitrogens with one attached hydrogen (secondary N) is 1. The number of carbonyl (C=O) groups excluding carboxylic acids is 1. The Morgan fingerprint density at radius 3 is 2.57 bits per heavy atom. The van der Waals surface area contributed by atoms with Crippen LogP contribution >= 0.6 is 0 Å². The summed E-state index contributed by atoms with van der Waals surface area (Å²) in [6.45, 7) is 2.69. The zero-order valence-electron chi connectivity index (χ0n) is 13.6. The lowest BCUT2D eigenvalue weighted by molar-refractivity contribution is -0.148. The van der Waals surface area contributed by atoms with Crippen LogP contribution in [0, 0.1) is 0 Å². The van der Waals surface area contributed by atoms with Crippen LogP contribution < -0.4 is 15.0 Å². The summed E-state index contributed by atoms with van der Waals surface area (Å²) in [6.07, 6.45) is 1.57. The number of hydrogen-bond acceptors (Lipinski definition) is 5. The number of anilines is 1. The highest BCUT2D eigenvalue weighted by atomic mass is 16.5. The molecule has 0 saturated heterocycles. The molecular weight excluding hydrogens is 268 g/mol. The van der Waals surface area contributed by atoms with Gasteiger partial charge < -0.3 is 19.7 Å². The van der Waals surface area contributed by atoms with Crippen molar-refractivity contribution in [1.29, 1.82) is 0 Å². The molecule has 5 nitrogen and oxygen atoms in total. The maximum absolute atomic E-state index is 11.8. The van der Waals surface area contributed by atoms with Gasteiger partial charge in [0.2, 0.25) is 0 Å². The molecule has 0 radical (unpaired) electrons. The van der Waals surface area contributed by atoms with Gasteiger partial charge in [0, 0.05) is 13.6 Å². The van der Waals surface area contributed by atoms with Crippen molar-refractivity contribution in [2.24, 2.45) is 0 Å². The highest BCUT2D eigenvalue weighted by Gasteiger charge is 2.31. The number of esters is 1. The molecule has 5 heteroatoms. The van der Waals surface area contributed by atoms with Crippen LogP contribution in [0.4, 0.5) is 5.69 Å². The summed E-state index contributed by atoms with van der Waals surface area (Å²) in [5, 5.41) is 3.05. The van der Waals surface area contributed by atoms with Crippen molar-refractivity contribution in [1.82, 2.24) is 5.32 Å². The number of ether oxygens (including phenoxy) is 2. The van der Waals surface area contributed by atoms with Crippen LogP contribution in [-0.4, -0.2) is 46.4 Å². The Balaban J connectivity index is 2.61. The highest BCUT2D eigenvalue weighted by molar-refractivity contribution is 5.80. The Hall–Kier alpha value is -1.75. The largest absolute Gasteiger partial charge is 0.495 e. The first-order valence-corrected chi connectivity index (χ1v) is 7.10. The number of carbonyl (C=O) groups is 1. The van der Waals surface area contributed by atoms with Crippen LogP contribution in [-0.2, 0) is 9.53 Å². The molecule has 1 rings (SSSR count). The van der Waals surface area contributed by atoms with Crippen molar-refractivity contribution in [2.45, 2.75) is 25.3 Å². The third kappa shape index (κ3) is 4.36. The molecular formula is C16H26N2O3. The summed E-state index contributed by atoms with van der Waals surface area (Å²) < 4.78 is 10.2. The molecule has 1 N–H and O–H groups in total. The fourth-order valence-corrected chi connectivity index (χ4v) is 2.29. The Bertz CT molecular complexity index is 465. The van der Waals surface area contributed by atoms with Crippen molar-refractivity contribution >= 4 is 11.7 Å². The lowest BCUT2D eigenvalue weighted by Gasteiger charge is -2.28. The molecule has 0 amide bonds. The monoisotopic (exact) mass is 294 g/mol. The van der Waals surface area contributed by atoms with E-state index in [9.17, 15) is 4.79 Å². The number of rotatable bonds is 8. The van der Waals surface area contributed by atoms with Gasteiger partial charge in [-0.15, -0.1) is 0 Å². The van der Waals surface area contributed by atoms with E-state index in [0.29, 0.717) is 6.42 Å². The summed E-state index contributed by atoms with van der Waals surface area (Å²) in [4.78, 5) is 13.9. The van der Waals surface area contributed by atoms with Gasteiger partial charge in [-0.25, -0.2) is 0 Å². The fraction of sp³-hybridized carbons (Fsp3) is 0.562. The van der Waals surface area contributed by atoms with Crippen LogP contribution in [0.3, 0.4) is 0 Å². The minimum atomic E-state index is -0.642. The first-order chi connectivity index (χ1) is 9.98. The van der Waals surface area contributed by atoms with Crippen molar-refractivity contribution in [3.63, 3.8) is 0 Å². The summed E-state index contributed by atoms with van der Waals surface area (Å²) >= 11 is 0. The van der Waals surface area contributed by atoms with Crippen molar-refractivity contribution < 1.29 is 14.3 Å². The second-order valence-corrected chi connectivity index (χ2v) is 5.27. The van der Waals surface area contributed by atoms with Crippen molar-refractivity contribution in [3.05, 3.63) is 24.3 Å². The first kappa shape index (κ1) is 17.3. The molecule has 0 heterocycles. The number of methoxy groups -OCH3 is 2. The number of nitrogens with zero attached hydrogens (tertiary/aromatic N) is 1. The predicted molar refractivity (Wildman–Crippen MR) is 85.0 cm³/mol. The predicted octanol–water partition coefficient (Wildman–Crippen LogP) is 2.06. The van der Waals surface area contributed by atoms with Crippen LogP contribution in [0.1, 0.15) is 19.8 Å². The number of benzene rings is 1. The van der Waals surface area contributed by atoms with E-state index < -0.39 is 5.54 Å². The van der Waals surface area contributed by atoms with Crippen LogP contribution in [0.2, 0.25) is 0 Å². The molecule has 0 saturated carbocycles. The van der Waals surface area contributed by atoms with Crippen LogP contribution in [0.15, 0.2) is 24.3 Å². The molecule has 1 aromatic carbocycles. The molecule has 0 aliphatic heterocycles. The van der Waals surface area contributed by atoms with Gasteiger partial charge in [-0.3, -0.25) is 4.79 Å². The standard InChI is InChI=1S/C16H26N2O3/c1-16(17-2,15(19)21-5)11-8-12-18(3)13-9-6-7-10-14(13)20-4/h6-7,9-10,17H,8,11-12H2,1-5H3. The third-order valence-electron chi connectivity index (χ3n) is 3.85. The molecule has 21 heavy (non-hydrogen) atoms. The number of para-hydroxylation sites is 2. The third-order valence-corrected chi connectivity index (χ3v) is 3.85. The normalized spacial score (nSPS) is 13.4. The Morgan fingerprint density at radius 2 is 2.00 bits per heavy atom. The molecule has 0 aliphatic carbocycles. The molecule has 0 aliphatic rings. The summed E-state index contributed by atoms with van der Waals surface area (Å²) in [7, 11) is 6.88. The topological polar surface area (TPSA) is 50.8 Å². The molecule has 0 bridgehead atoms. The second-order valence-electron chi connectivity index (χ2n) is 5.27. The Morgan fingerprint density at radius 1 is 1.33 bits per heavy atom. The second kappa shape index (κ2) is 7.88. The van der Waals surface area contributed by atoms with E-state index in [0.717, 1.165) is 24.4 Å². The smallest absolute Gasteiger partial charge is 0.325 e. The number of likely N-dealkylation sites (N-methyl/N-ethyl adjacent to an activating group) is 1. The maximum atomic E-state index is 11.8. The van der Waals surface area contributed by atoms with Gasteiger partial charge in [0.05, 0.1) is 19.9 Å². The van der Waals surface area contributed by atoms with Crippen molar-refractivity contribution in [2.75, 3.05) is 39.8 Å². The molecule has 0 fully saturated rings. The van der Waals surface area contributed by atoms with Crippen molar-refractivity contribution in [3.8, 4) is 5.75 Å². The van der Waals surface area contributed by atoms with E-state index in [2.05, 4.69) is 10.2 Å². The fourth-order valence-electron chi connectivity index (χ4n) is 2.29. The van der Waals surface area contributed by atoms with Gasteiger partial charge >= 0.3 is 5.97 Å². The first-order valence-electron chi connectivity index (χ1n) is 7.10. The zero-order valence-corrected chi connectivity index (χ0v) is 13.6. The van der Waals surface area contributed by atoms with Gasteiger partial charge in [0.1, 0.15) is 11.3 Å². The Kier molecular flexibility index (Phi) is 6.49.